The van der Waals surface area contributed by atoms with Crippen LogP contribution < -0.4 is 0 Å². The number of aryl methyl sites for hydroxylation is 1. The second kappa shape index (κ2) is 8.85. The SMILES string of the molecule is O=C1c2ccccc2C(=O)C1CCc1noc(-c2ccc(CN3CCCCCC3)s2)n1. The summed E-state index contributed by atoms with van der Waals surface area (Å²) in [5.74, 6) is 0.214. The number of ketones is 2. The highest BCUT2D eigenvalue weighted by Crippen LogP contribution is 2.31. The third-order valence-electron chi connectivity index (χ3n) is 6.17. The van der Waals surface area contributed by atoms with Gasteiger partial charge in [-0.25, -0.2) is 0 Å². The molecule has 2 aromatic heterocycles. The molecule has 7 heteroatoms. The van der Waals surface area contributed by atoms with E-state index in [1.54, 1.807) is 35.6 Å². The highest BCUT2D eigenvalue weighted by atomic mass is 32.1. The van der Waals surface area contributed by atoms with Crippen LogP contribution in [0.3, 0.4) is 0 Å². The molecule has 2 aliphatic rings. The third kappa shape index (κ3) is 4.25. The molecule has 5 rings (SSSR count). The summed E-state index contributed by atoms with van der Waals surface area (Å²) in [5, 5.41) is 4.08. The van der Waals surface area contributed by atoms with Crippen LogP contribution in [0.15, 0.2) is 40.9 Å². The van der Waals surface area contributed by atoms with Crippen molar-refractivity contribution in [3.05, 3.63) is 58.2 Å². The number of carbonyl (C=O) groups excluding carboxylic acids is 2. The molecule has 1 fully saturated rings. The number of rotatable bonds is 6. The summed E-state index contributed by atoms with van der Waals surface area (Å²) < 4.78 is 5.47. The van der Waals surface area contributed by atoms with Crippen molar-refractivity contribution in [2.45, 2.75) is 45.1 Å². The summed E-state index contributed by atoms with van der Waals surface area (Å²) in [6, 6.07) is 11.2. The molecule has 1 aliphatic carbocycles. The van der Waals surface area contributed by atoms with Crippen LogP contribution >= 0.6 is 11.3 Å². The predicted molar refractivity (Wildman–Crippen MR) is 118 cm³/mol. The van der Waals surface area contributed by atoms with Gasteiger partial charge < -0.3 is 4.52 Å². The summed E-state index contributed by atoms with van der Waals surface area (Å²) in [5.41, 5.74) is 1.06. The Bertz CT molecular complexity index is 1060. The van der Waals surface area contributed by atoms with Gasteiger partial charge in [0.15, 0.2) is 17.4 Å². The fourth-order valence-corrected chi connectivity index (χ4v) is 5.46. The maximum Gasteiger partial charge on any atom is 0.267 e. The van der Waals surface area contributed by atoms with E-state index in [1.807, 2.05) is 6.07 Å². The summed E-state index contributed by atoms with van der Waals surface area (Å²) in [4.78, 5) is 34.4. The average molecular weight is 436 g/mol. The standard InChI is InChI=1S/C24H25N3O3S/c28-22-17-7-3-4-8-18(17)23(29)19(22)10-12-21-25-24(30-26-21)20-11-9-16(31-20)15-27-13-5-1-2-6-14-27/h3-4,7-9,11,19H,1-2,5-6,10,12-15H2. The summed E-state index contributed by atoms with van der Waals surface area (Å²) in [6.07, 6.45) is 6.06. The van der Waals surface area contributed by atoms with Crippen molar-refractivity contribution in [3.63, 3.8) is 0 Å². The van der Waals surface area contributed by atoms with Crippen molar-refractivity contribution in [2.75, 3.05) is 13.1 Å². The fraction of sp³-hybridized carbons (Fsp3) is 0.417. The lowest BCUT2D eigenvalue weighted by Crippen LogP contribution is -2.23. The monoisotopic (exact) mass is 435 g/mol. The number of thiophene rings is 1. The van der Waals surface area contributed by atoms with Crippen LogP contribution in [0.1, 0.15) is 63.5 Å². The molecule has 0 bridgehead atoms. The molecule has 31 heavy (non-hydrogen) atoms. The van der Waals surface area contributed by atoms with Crippen LogP contribution in [-0.4, -0.2) is 39.7 Å². The average Bonchev–Trinajstić information content (AvgIpc) is 3.43. The first-order valence-corrected chi connectivity index (χ1v) is 11.8. The molecule has 160 valence electrons. The third-order valence-corrected chi connectivity index (χ3v) is 7.22. The zero-order valence-electron chi connectivity index (χ0n) is 17.4. The van der Waals surface area contributed by atoms with Gasteiger partial charge in [-0.3, -0.25) is 14.5 Å². The van der Waals surface area contributed by atoms with Gasteiger partial charge in [0.1, 0.15) is 0 Å². The number of fused-ring (bicyclic) bond motifs is 1. The fourth-order valence-electron chi connectivity index (χ4n) is 4.49. The van der Waals surface area contributed by atoms with E-state index in [9.17, 15) is 9.59 Å². The minimum Gasteiger partial charge on any atom is -0.333 e. The van der Waals surface area contributed by atoms with Gasteiger partial charge in [-0.05, 0) is 44.5 Å². The Morgan fingerprint density at radius 2 is 1.68 bits per heavy atom. The predicted octanol–water partition coefficient (Wildman–Crippen LogP) is 4.80. The Balaban J connectivity index is 1.21. The van der Waals surface area contributed by atoms with Crippen LogP contribution in [-0.2, 0) is 13.0 Å². The molecule has 0 radical (unpaired) electrons. The molecule has 0 atom stereocenters. The lowest BCUT2D eigenvalue weighted by atomic mass is 9.98. The number of hydrogen-bond acceptors (Lipinski definition) is 7. The lowest BCUT2D eigenvalue weighted by molar-refractivity contribution is 0.0831. The van der Waals surface area contributed by atoms with Gasteiger partial charge in [0, 0.05) is 29.0 Å². The highest BCUT2D eigenvalue weighted by molar-refractivity contribution is 7.15. The van der Waals surface area contributed by atoms with E-state index < -0.39 is 5.92 Å². The van der Waals surface area contributed by atoms with Gasteiger partial charge >= 0.3 is 0 Å². The summed E-state index contributed by atoms with van der Waals surface area (Å²) >= 11 is 1.69. The molecule has 3 heterocycles. The van der Waals surface area contributed by atoms with Crippen LogP contribution in [0.4, 0.5) is 0 Å². The van der Waals surface area contributed by atoms with Crippen molar-refractivity contribution in [3.8, 4) is 10.8 Å². The van der Waals surface area contributed by atoms with Gasteiger partial charge in [0.2, 0.25) is 0 Å². The Morgan fingerprint density at radius 3 is 2.39 bits per heavy atom. The Morgan fingerprint density at radius 1 is 0.968 bits per heavy atom. The minimum absolute atomic E-state index is 0.0965. The van der Waals surface area contributed by atoms with Gasteiger partial charge in [-0.1, -0.05) is 42.3 Å². The van der Waals surface area contributed by atoms with Crippen molar-refractivity contribution in [1.82, 2.24) is 15.0 Å². The quantitative estimate of drug-likeness (QED) is 0.518. The molecule has 1 saturated heterocycles. The molecule has 0 spiro atoms. The van der Waals surface area contributed by atoms with E-state index in [2.05, 4.69) is 21.1 Å². The molecule has 6 nitrogen and oxygen atoms in total. The molecule has 0 amide bonds. The molecule has 1 aliphatic heterocycles. The van der Waals surface area contributed by atoms with Crippen LogP contribution in [0.5, 0.6) is 0 Å². The van der Waals surface area contributed by atoms with E-state index in [1.165, 1.54) is 43.6 Å². The molecular formula is C24H25N3O3S. The van der Waals surface area contributed by atoms with Crippen LogP contribution in [0.25, 0.3) is 10.8 Å². The van der Waals surface area contributed by atoms with Gasteiger partial charge in [0.25, 0.3) is 5.89 Å². The minimum atomic E-state index is -0.638. The van der Waals surface area contributed by atoms with Crippen LogP contribution in [0, 0.1) is 5.92 Å². The Kier molecular flexibility index (Phi) is 5.78. The largest absolute Gasteiger partial charge is 0.333 e. The summed E-state index contributed by atoms with van der Waals surface area (Å²) in [6.45, 7) is 3.30. The van der Waals surface area contributed by atoms with Crippen LogP contribution in [0.2, 0.25) is 0 Å². The first-order chi connectivity index (χ1) is 15.2. The topological polar surface area (TPSA) is 76.3 Å². The van der Waals surface area contributed by atoms with E-state index in [0.717, 1.165) is 11.4 Å². The van der Waals surface area contributed by atoms with Gasteiger partial charge in [-0.2, -0.15) is 4.98 Å². The molecule has 0 N–H and O–H groups in total. The smallest absolute Gasteiger partial charge is 0.267 e. The van der Waals surface area contributed by atoms with E-state index in [-0.39, 0.29) is 11.6 Å². The van der Waals surface area contributed by atoms with Crippen molar-refractivity contribution in [1.29, 1.82) is 0 Å². The second-order valence-corrected chi connectivity index (χ2v) is 9.51. The van der Waals surface area contributed by atoms with E-state index in [0.29, 0.717) is 35.7 Å². The number of benzene rings is 1. The number of aromatic nitrogens is 2. The maximum absolute atomic E-state index is 12.6. The number of carbonyl (C=O) groups is 2. The normalized spacial score (nSPS) is 17.8. The van der Waals surface area contributed by atoms with Crippen molar-refractivity contribution in [2.24, 2.45) is 5.92 Å². The molecule has 3 aromatic rings. The number of likely N-dealkylation sites (tertiary alicyclic amines) is 1. The summed E-state index contributed by atoms with van der Waals surface area (Å²) in [7, 11) is 0. The van der Waals surface area contributed by atoms with E-state index in [4.69, 9.17) is 4.52 Å². The first-order valence-electron chi connectivity index (χ1n) is 11.0. The molecule has 0 saturated carbocycles. The van der Waals surface area contributed by atoms with Crippen molar-refractivity contribution >= 4 is 22.9 Å². The van der Waals surface area contributed by atoms with Gasteiger partial charge in [-0.15, -0.1) is 11.3 Å². The zero-order chi connectivity index (χ0) is 21.2. The molecular weight excluding hydrogens is 410 g/mol. The second-order valence-electron chi connectivity index (χ2n) is 8.34. The number of nitrogens with zero attached hydrogens (tertiary/aromatic N) is 3. The first kappa shape index (κ1) is 20.3. The highest BCUT2D eigenvalue weighted by Gasteiger charge is 2.37. The van der Waals surface area contributed by atoms with E-state index >= 15 is 0 Å². The number of hydrogen-bond donors (Lipinski definition) is 0. The molecule has 1 aromatic carbocycles. The number of Topliss-reactive ketones (excluding diaryl/α,β-unsaturated/α-hetero) is 2. The van der Waals surface area contributed by atoms with Gasteiger partial charge in [0.05, 0.1) is 10.8 Å². The van der Waals surface area contributed by atoms with Crippen molar-refractivity contribution < 1.29 is 14.1 Å². The lowest BCUT2D eigenvalue weighted by Gasteiger charge is -2.18. The zero-order valence-corrected chi connectivity index (χ0v) is 18.2. The molecule has 0 unspecified atom stereocenters. The Hall–Kier alpha value is -2.64. The Labute approximate surface area is 185 Å². The maximum atomic E-state index is 12.6.